The van der Waals surface area contributed by atoms with Crippen molar-refractivity contribution in [2.75, 3.05) is 6.54 Å². The molecule has 0 bridgehead atoms. The van der Waals surface area contributed by atoms with Gasteiger partial charge < -0.3 is 4.90 Å². The molecule has 142 valence electrons. The molecule has 2 heterocycles. The Morgan fingerprint density at radius 2 is 1.89 bits per heavy atom. The second-order valence-electron chi connectivity index (χ2n) is 7.12. The van der Waals surface area contributed by atoms with Crippen LogP contribution in [0.4, 0.5) is 5.69 Å². The third kappa shape index (κ3) is 3.20. The van der Waals surface area contributed by atoms with Crippen LogP contribution in [0.1, 0.15) is 43.5 Å². The fraction of sp³-hybridized carbons (Fsp3) is 0.227. The fourth-order valence-electron chi connectivity index (χ4n) is 3.75. The Bertz CT molecular complexity index is 1060. The van der Waals surface area contributed by atoms with Gasteiger partial charge in [0.25, 0.3) is 11.6 Å². The first kappa shape index (κ1) is 18.4. The Hall–Kier alpha value is -2.99. The smallest absolute Gasteiger partial charge is 0.273 e. The Balaban J connectivity index is 1.77. The number of nitro benzene ring substituents is 1. The molecule has 0 N–H and O–H groups in total. The van der Waals surface area contributed by atoms with E-state index in [2.05, 4.69) is 35.7 Å². The first-order valence-electron chi connectivity index (χ1n) is 9.14. The van der Waals surface area contributed by atoms with Crippen molar-refractivity contribution in [3.8, 4) is 0 Å². The average molecular weight is 392 g/mol. The number of aryl methyl sites for hydroxylation is 2. The topological polar surface area (TPSA) is 63.5 Å². The van der Waals surface area contributed by atoms with Gasteiger partial charge in [0.2, 0.25) is 0 Å². The van der Waals surface area contributed by atoms with Crippen LogP contribution in [0.15, 0.2) is 53.9 Å². The summed E-state index contributed by atoms with van der Waals surface area (Å²) in [5.74, 6) is -0.175. The van der Waals surface area contributed by atoms with Crippen molar-refractivity contribution >= 4 is 22.9 Å². The van der Waals surface area contributed by atoms with Gasteiger partial charge in [-0.15, -0.1) is 11.3 Å². The zero-order valence-corrected chi connectivity index (χ0v) is 16.5. The number of fused-ring (bicyclic) bond motifs is 1. The molecule has 0 spiro atoms. The maximum atomic E-state index is 13.4. The number of thiophene rings is 1. The van der Waals surface area contributed by atoms with Crippen LogP contribution < -0.4 is 0 Å². The molecule has 0 fully saturated rings. The van der Waals surface area contributed by atoms with Crippen molar-refractivity contribution in [2.45, 2.75) is 26.3 Å². The first-order chi connectivity index (χ1) is 13.5. The molecule has 0 radical (unpaired) electrons. The van der Waals surface area contributed by atoms with Crippen molar-refractivity contribution in [1.82, 2.24) is 4.90 Å². The molecule has 6 heteroatoms. The van der Waals surface area contributed by atoms with Crippen LogP contribution in [0.2, 0.25) is 0 Å². The molecule has 28 heavy (non-hydrogen) atoms. The molecule has 0 aliphatic carbocycles. The van der Waals surface area contributed by atoms with Crippen molar-refractivity contribution in [1.29, 1.82) is 0 Å². The summed E-state index contributed by atoms with van der Waals surface area (Å²) in [7, 11) is 0. The third-order valence-corrected chi connectivity index (χ3v) is 6.27. The third-order valence-electron chi connectivity index (χ3n) is 5.27. The molecule has 0 unspecified atom stereocenters. The van der Waals surface area contributed by atoms with Crippen molar-refractivity contribution < 1.29 is 9.72 Å². The monoisotopic (exact) mass is 392 g/mol. The lowest BCUT2D eigenvalue weighted by Crippen LogP contribution is -2.40. The SMILES string of the molecule is Cc1ccc([C@H]2c3ccsc3CCN2C(=O)c2ccc(C)c([N+](=O)[O-])c2)cc1. The van der Waals surface area contributed by atoms with Crippen molar-refractivity contribution in [3.05, 3.63) is 96.7 Å². The first-order valence-corrected chi connectivity index (χ1v) is 10.0. The molecule has 2 aromatic carbocycles. The van der Waals surface area contributed by atoms with Crippen molar-refractivity contribution in [3.63, 3.8) is 0 Å². The van der Waals surface area contributed by atoms with Gasteiger partial charge >= 0.3 is 0 Å². The molecule has 4 rings (SSSR count). The van der Waals surface area contributed by atoms with Crippen LogP contribution >= 0.6 is 11.3 Å². The molecular weight excluding hydrogens is 372 g/mol. The second-order valence-corrected chi connectivity index (χ2v) is 8.12. The number of hydrogen-bond donors (Lipinski definition) is 0. The van der Waals surface area contributed by atoms with Crippen molar-refractivity contribution in [2.24, 2.45) is 0 Å². The number of amides is 1. The number of hydrogen-bond acceptors (Lipinski definition) is 4. The minimum absolute atomic E-state index is 0.0223. The van der Waals surface area contributed by atoms with E-state index in [-0.39, 0.29) is 17.6 Å². The van der Waals surface area contributed by atoms with Gasteiger partial charge in [-0.25, -0.2) is 0 Å². The predicted molar refractivity (Wildman–Crippen MR) is 110 cm³/mol. The van der Waals surface area contributed by atoms with E-state index in [0.29, 0.717) is 17.7 Å². The summed E-state index contributed by atoms with van der Waals surface area (Å²) in [6.45, 7) is 4.31. The summed E-state index contributed by atoms with van der Waals surface area (Å²) < 4.78 is 0. The summed E-state index contributed by atoms with van der Waals surface area (Å²) in [6.07, 6.45) is 0.801. The number of carbonyl (C=O) groups is 1. The Morgan fingerprint density at radius 3 is 2.61 bits per heavy atom. The van der Waals surface area contributed by atoms with Gasteiger partial charge in [0.05, 0.1) is 11.0 Å². The van der Waals surface area contributed by atoms with Crippen LogP contribution in [0.25, 0.3) is 0 Å². The highest BCUT2D eigenvalue weighted by atomic mass is 32.1. The van der Waals surface area contributed by atoms with Gasteiger partial charge in [-0.3, -0.25) is 14.9 Å². The maximum absolute atomic E-state index is 13.4. The van der Waals surface area contributed by atoms with E-state index in [9.17, 15) is 14.9 Å². The number of nitro groups is 1. The largest absolute Gasteiger partial charge is 0.327 e. The van der Waals surface area contributed by atoms with Crippen LogP contribution in [0.5, 0.6) is 0 Å². The lowest BCUT2D eigenvalue weighted by Gasteiger charge is -2.36. The fourth-order valence-corrected chi connectivity index (χ4v) is 4.65. The summed E-state index contributed by atoms with van der Waals surface area (Å²) in [5.41, 5.74) is 4.25. The molecule has 3 aromatic rings. The Labute approximate surface area is 167 Å². The van der Waals surface area contributed by atoms with Gasteiger partial charge in [-0.2, -0.15) is 0 Å². The zero-order valence-electron chi connectivity index (χ0n) is 15.7. The minimum Gasteiger partial charge on any atom is -0.327 e. The lowest BCUT2D eigenvalue weighted by molar-refractivity contribution is -0.385. The molecule has 0 saturated carbocycles. The number of rotatable bonds is 3. The Morgan fingerprint density at radius 1 is 1.14 bits per heavy atom. The van der Waals surface area contributed by atoms with Crippen LogP contribution in [0, 0.1) is 24.0 Å². The highest BCUT2D eigenvalue weighted by Crippen LogP contribution is 2.38. The van der Waals surface area contributed by atoms with Crippen LogP contribution in [-0.2, 0) is 6.42 Å². The standard InChI is InChI=1S/C22H20N2O3S/c1-14-3-6-16(7-4-14)21-18-10-12-28-20(18)9-11-23(21)22(25)17-8-5-15(2)19(13-17)24(26)27/h3-8,10,12-13,21H,9,11H2,1-2H3/t21-/m0/s1. The van der Waals surface area contributed by atoms with Gasteiger partial charge in [0, 0.05) is 28.6 Å². The summed E-state index contributed by atoms with van der Waals surface area (Å²) in [4.78, 5) is 27.4. The molecule has 0 saturated heterocycles. The van der Waals surface area contributed by atoms with Gasteiger partial charge in [0.15, 0.2) is 0 Å². The molecule has 1 aliphatic rings. The summed E-state index contributed by atoms with van der Waals surface area (Å²) >= 11 is 1.72. The molecule has 1 aliphatic heterocycles. The lowest BCUT2D eigenvalue weighted by atomic mass is 9.92. The molecule has 1 amide bonds. The number of carbonyl (C=O) groups excluding carboxylic acids is 1. The molecule has 1 aromatic heterocycles. The van der Waals surface area contributed by atoms with E-state index in [0.717, 1.165) is 23.1 Å². The highest BCUT2D eigenvalue weighted by Gasteiger charge is 2.33. The maximum Gasteiger partial charge on any atom is 0.273 e. The van der Waals surface area contributed by atoms with Gasteiger partial charge in [-0.1, -0.05) is 35.9 Å². The zero-order chi connectivity index (χ0) is 19.8. The molecule has 1 atom stereocenters. The van der Waals surface area contributed by atoms with Crippen LogP contribution in [-0.4, -0.2) is 22.3 Å². The molecular formula is C22H20N2O3S. The number of benzene rings is 2. The predicted octanol–water partition coefficient (Wildman–Crippen LogP) is 5.06. The minimum atomic E-state index is -0.434. The van der Waals surface area contributed by atoms with E-state index in [1.165, 1.54) is 10.9 Å². The Kier molecular flexibility index (Phi) is 4.73. The van der Waals surface area contributed by atoms with E-state index < -0.39 is 4.92 Å². The van der Waals surface area contributed by atoms with E-state index in [1.807, 2.05) is 11.8 Å². The average Bonchev–Trinajstić information content (AvgIpc) is 3.16. The summed E-state index contributed by atoms with van der Waals surface area (Å²) in [6, 6.07) is 14.9. The van der Waals surface area contributed by atoms with E-state index in [4.69, 9.17) is 0 Å². The second kappa shape index (κ2) is 7.20. The number of nitrogens with zero attached hydrogens (tertiary/aromatic N) is 2. The molecule has 5 nitrogen and oxygen atoms in total. The summed E-state index contributed by atoms with van der Waals surface area (Å²) in [5, 5.41) is 13.4. The van der Waals surface area contributed by atoms with Gasteiger partial charge in [0.1, 0.15) is 0 Å². The normalized spacial score (nSPS) is 15.9. The quantitative estimate of drug-likeness (QED) is 0.462. The van der Waals surface area contributed by atoms with Gasteiger partial charge in [-0.05, 0) is 48.9 Å². The van der Waals surface area contributed by atoms with E-state index >= 15 is 0 Å². The van der Waals surface area contributed by atoms with Crippen LogP contribution in [0.3, 0.4) is 0 Å². The highest BCUT2D eigenvalue weighted by molar-refractivity contribution is 7.10. The van der Waals surface area contributed by atoms with E-state index in [1.54, 1.807) is 30.4 Å².